The molecule has 17 heavy (non-hydrogen) atoms. The van der Waals surface area contributed by atoms with Crippen LogP contribution in [0.1, 0.15) is 13.3 Å². The Balaban J connectivity index is 2.91. The van der Waals surface area contributed by atoms with Crippen molar-refractivity contribution in [3.63, 3.8) is 0 Å². The van der Waals surface area contributed by atoms with E-state index in [9.17, 15) is 19.8 Å². The Bertz CT molecular complexity index is 457. The van der Waals surface area contributed by atoms with Gasteiger partial charge >= 0.3 is 0 Å². The third-order valence-corrected chi connectivity index (χ3v) is 2.07. The summed E-state index contributed by atoms with van der Waals surface area (Å²) in [4.78, 5) is 22.1. The summed E-state index contributed by atoms with van der Waals surface area (Å²) < 4.78 is 0. The number of ketones is 1. The zero-order valence-electron chi connectivity index (χ0n) is 9.57. The Hall–Kier alpha value is -2.24. The minimum atomic E-state index is -0.513. The summed E-state index contributed by atoms with van der Waals surface area (Å²) in [5.74, 6) is -1.18. The molecule has 6 nitrogen and oxygen atoms in total. The molecule has 0 saturated carbocycles. The van der Waals surface area contributed by atoms with Crippen LogP contribution in [0.4, 0.5) is 11.4 Å². The number of phenols is 2. The first-order valence-electron chi connectivity index (χ1n) is 4.97. The zero-order chi connectivity index (χ0) is 13.0. The fourth-order valence-corrected chi connectivity index (χ4v) is 1.30. The molecule has 1 amide bonds. The van der Waals surface area contributed by atoms with Gasteiger partial charge in [-0.05, 0) is 13.0 Å². The number of benzene rings is 1. The number of Topliss-reactive ketones (excluding diaryl/α,β-unsaturated/α-hetero) is 1. The van der Waals surface area contributed by atoms with Crippen LogP contribution < -0.4 is 10.6 Å². The summed E-state index contributed by atoms with van der Waals surface area (Å²) in [6, 6.07) is 2.48. The van der Waals surface area contributed by atoms with Gasteiger partial charge in [0.2, 0.25) is 5.91 Å². The predicted octanol–water partition coefficient (Wildman–Crippen LogP) is 1.06. The first-order valence-corrected chi connectivity index (χ1v) is 4.97. The smallest absolute Gasteiger partial charge is 0.231 e. The van der Waals surface area contributed by atoms with Crippen molar-refractivity contribution < 1.29 is 19.8 Å². The van der Waals surface area contributed by atoms with E-state index in [-0.39, 0.29) is 29.4 Å². The highest BCUT2D eigenvalue weighted by molar-refractivity contribution is 6.04. The van der Waals surface area contributed by atoms with Crippen molar-refractivity contribution in [3.05, 3.63) is 12.1 Å². The van der Waals surface area contributed by atoms with Crippen LogP contribution in [0, 0.1) is 0 Å². The van der Waals surface area contributed by atoms with Gasteiger partial charge in [-0.3, -0.25) is 9.59 Å². The molecule has 0 spiro atoms. The molecule has 0 unspecified atom stereocenters. The summed E-state index contributed by atoms with van der Waals surface area (Å²) in [6.07, 6.45) is -0.255. The summed E-state index contributed by atoms with van der Waals surface area (Å²) in [6.45, 7) is 1.30. The lowest BCUT2D eigenvalue weighted by atomic mass is 10.2. The molecular formula is C11H14N2O4. The van der Waals surface area contributed by atoms with Crippen LogP contribution in [0.3, 0.4) is 0 Å². The second kappa shape index (κ2) is 5.20. The summed E-state index contributed by atoms with van der Waals surface area (Å²) in [7, 11) is 1.59. The number of hydrogen-bond donors (Lipinski definition) is 4. The van der Waals surface area contributed by atoms with E-state index in [0.29, 0.717) is 5.69 Å². The fraction of sp³-hybridized carbons (Fsp3) is 0.273. The van der Waals surface area contributed by atoms with Crippen LogP contribution in [0.2, 0.25) is 0 Å². The minimum Gasteiger partial charge on any atom is -0.506 e. The average Bonchev–Trinajstić information content (AvgIpc) is 2.20. The summed E-state index contributed by atoms with van der Waals surface area (Å²) in [5, 5.41) is 24.0. The largest absolute Gasteiger partial charge is 0.506 e. The quantitative estimate of drug-likeness (QED) is 0.357. The van der Waals surface area contributed by atoms with Gasteiger partial charge in [0.15, 0.2) is 0 Å². The number of carbonyl (C=O) groups is 2. The van der Waals surface area contributed by atoms with Gasteiger partial charge in [0.1, 0.15) is 17.3 Å². The Morgan fingerprint density at radius 3 is 2.29 bits per heavy atom. The predicted molar refractivity (Wildman–Crippen MR) is 63.2 cm³/mol. The third kappa shape index (κ3) is 3.37. The Morgan fingerprint density at radius 2 is 1.76 bits per heavy atom. The Morgan fingerprint density at radius 1 is 1.18 bits per heavy atom. The van der Waals surface area contributed by atoms with Gasteiger partial charge in [-0.15, -0.1) is 0 Å². The SMILES string of the molecule is CNc1cc(NC(=O)CC(C)=O)c(O)cc1O. The first kappa shape index (κ1) is 12.8. The van der Waals surface area contributed by atoms with Crippen molar-refractivity contribution in [2.45, 2.75) is 13.3 Å². The van der Waals surface area contributed by atoms with Crippen molar-refractivity contribution in [1.82, 2.24) is 0 Å². The zero-order valence-corrected chi connectivity index (χ0v) is 9.57. The molecule has 0 fully saturated rings. The van der Waals surface area contributed by atoms with E-state index in [0.717, 1.165) is 6.07 Å². The molecule has 1 rings (SSSR count). The van der Waals surface area contributed by atoms with E-state index in [2.05, 4.69) is 10.6 Å². The normalized spacial score (nSPS) is 9.76. The van der Waals surface area contributed by atoms with Gasteiger partial charge in [-0.2, -0.15) is 0 Å². The molecule has 4 N–H and O–H groups in total. The molecule has 1 aromatic rings. The van der Waals surface area contributed by atoms with Gasteiger partial charge < -0.3 is 20.8 Å². The van der Waals surface area contributed by atoms with Crippen molar-refractivity contribution in [2.24, 2.45) is 0 Å². The molecule has 0 heterocycles. The second-order valence-corrected chi connectivity index (χ2v) is 3.56. The maximum atomic E-state index is 11.3. The highest BCUT2D eigenvalue weighted by atomic mass is 16.3. The summed E-state index contributed by atoms with van der Waals surface area (Å²) >= 11 is 0. The molecule has 6 heteroatoms. The van der Waals surface area contributed by atoms with Gasteiger partial charge in [0, 0.05) is 13.1 Å². The van der Waals surface area contributed by atoms with Gasteiger partial charge in [0.25, 0.3) is 0 Å². The number of phenolic OH excluding ortho intramolecular Hbond substituents is 2. The van der Waals surface area contributed by atoms with Crippen LogP contribution in [0.15, 0.2) is 12.1 Å². The molecule has 0 atom stereocenters. The lowest BCUT2D eigenvalue weighted by Crippen LogP contribution is -2.14. The fourth-order valence-electron chi connectivity index (χ4n) is 1.30. The third-order valence-electron chi connectivity index (χ3n) is 2.07. The average molecular weight is 238 g/mol. The molecule has 1 aromatic carbocycles. The topological polar surface area (TPSA) is 98.7 Å². The molecule has 92 valence electrons. The standard InChI is InChI=1S/C11H14N2O4/c1-6(14)3-11(17)13-8-4-7(12-2)9(15)5-10(8)16/h4-5,12,15-16H,3H2,1-2H3,(H,13,17). The van der Waals surface area contributed by atoms with Crippen molar-refractivity contribution in [2.75, 3.05) is 17.7 Å². The number of hydrogen-bond acceptors (Lipinski definition) is 5. The van der Waals surface area contributed by atoms with Gasteiger partial charge in [0.05, 0.1) is 17.8 Å². The van der Waals surface area contributed by atoms with E-state index in [1.54, 1.807) is 7.05 Å². The number of rotatable bonds is 4. The number of nitrogens with one attached hydrogen (secondary N) is 2. The minimum absolute atomic E-state index is 0.130. The number of anilines is 2. The van der Waals surface area contributed by atoms with Crippen LogP contribution >= 0.6 is 0 Å². The monoisotopic (exact) mass is 238 g/mol. The molecule has 0 aliphatic carbocycles. The van der Waals surface area contributed by atoms with Crippen LogP contribution in [0.5, 0.6) is 11.5 Å². The van der Waals surface area contributed by atoms with Crippen LogP contribution in [-0.4, -0.2) is 29.0 Å². The van der Waals surface area contributed by atoms with Crippen molar-refractivity contribution in [1.29, 1.82) is 0 Å². The highest BCUT2D eigenvalue weighted by Gasteiger charge is 2.11. The molecule has 0 radical (unpaired) electrons. The number of carbonyl (C=O) groups excluding carboxylic acids is 2. The van der Waals surface area contributed by atoms with Gasteiger partial charge in [-0.1, -0.05) is 0 Å². The van der Waals surface area contributed by atoms with Crippen LogP contribution in [0.25, 0.3) is 0 Å². The second-order valence-electron chi connectivity index (χ2n) is 3.56. The van der Waals surface area contributed by atoms with E-state index in [4.69, 9.17) is 0 Å². The van der Waals surface area contributed by atoms with Crippen molar-refractivity contribution in [3.8, 4) is 11.5 Å². The van der Waals surface area contributed by atoms with E-state index < -0.39 is 5.91 Å². The molecule has 0 aliphatic rings. The molecule has 0 saturated heterocycles. The lowest BCUT2D eigenvalue weighted by molar-refractivity contribution is -0.124. The van der Waals surface area contributed by atoms with Crippen molar-refractivity contribution >= 4 is 23.1 Å². The van der Waals surface area contributed by atoms with E-state index in [1.165, 1.54) is 13.0 Å². The van der Waals surface area contributed by atoms with E-state index >= 15 is 0 Å². The Kier molecular flexibility index (Phi) is 3.92. The van der Waals surface area contributed by atoms with Crippen LogP contribution in [-0.2, 0) is 9.59 Å². The van der Waals surface area contributed by atoms with Gasteiger partial charge in [-0.25, -0.2) is 0 Å². The molecule has 0 bridgehead atoms. The maximum Gasteiger partial charge on any atom is 0.231 e. The molecular weight excluding hydrogens is 224 g/mol. The number of aromatic hydroxyl groups is 2. The Labute approximate surface area is 98.3 Å². The molecule has 0 aromatic heterocycles. The number of amides is 1. The maximum absolute atomic E-state index is 11.3. The molecule has 0 aliphatic heterocycles. The lowest BCUT2D eigenvalue weighted by Gasteiger charge is -2.10. The summed E-state index contributed by atoms with van der Waals surface area (Å²) in [5.41, 5.74) is 0.499. The van der Waals surface area contributed by atoms with E-state index in [1.807, 2.05) is 0 Å². The highest BCUT2D eigenvalue weighted by Crippen LogP contribution is 2.34. The first-order chi connectivity index (χ1) is 7.93.